The highest BCUT2D eigenvalue weighted by molar-refractivity contribution is 5.92. The largest absolute Gasteiger partial charge is 0.490 e. The number of aliphatic carboxylic acids is 1. The van der Waals surface area contributed by atoms with Crippen LogP contribution in [0.2, 0.25) is 0 Å². The van der Waals surface area contributed by atoms with Crippen molar-refractivity contribution in [2.24, 2.45) is 0 Å². The summed E-state index contributed by atoms with van der Waals surface area (Å²) < 4.78 is 39.5. The molecule has 1 aliphatic heterocycles. The molecule has 1 saturated heterocycles. The third-order valence-electron chi connectivity index (χ3n) is 4.31. The molecule has 0 bridgehead atoms. The number of carboxylic acid groups (broad SMARTS) is 1. The van der Waals surface area contributed by atoms with Crippen molar-refractivity contribution in [2.45, 2.75) is 38.1 Å². The molecular weight excluding hydrogens is 377 g/mol. The average Bonchev–Trinajstić information content (AvgIpc) is 3.31. The van der Waals surface area contributed by atoms with E-state index in [1.165, 1.54) is 12.8 Å². The number of nitrogens with one attached hydrogen (secondary N) is 1. The number of alkyl halides is 3. The third kappa shape index (κ3) is 4.89. The van der Waals surface area contributed by atoms with E-state index >= 15 is 0 Å². The molecule has 1 aliphatic rings. The maximum absolute atomic E-state index is 10.6. The minimum atomic E-state index is -5.08. The van der Waals surface area contributed by atoms with Crippen molar-refractivity contribution in [3.05, 3.63) is 36.9 Å². The van der Waals surface area contributed by atoms with Crippen LogP contribution in [-0.4, -0.2) is 49.7 Å². The summed E-state index contributed by atoms with van der Waals surface area (Å²) in [6.45, 7) is 1.72. The van der Waals surface area contributed by atoms with Gasteiger partial charge in [-0.2, -0.15) is 18.3 Å². The number of hydrogen-bond acceptors (Lipinski definition) is 4. The Morgan fingerprint density at radius 3 is 2.82 bits per heavy atom. The van der Waals surface area contributed by atoms with E-state index < -0.39 is 12.1 Å². The summed E-state index contributed by atoms with van der Waals surface area (Å²) in [6.07, 6.45) is 6.56. The van der Waals surface area contributed by atoms with Crippen molar-refractivity contribution in [2.75, 3.05) is 6.61 Å². The van der Waals surface area contributed by atoms with E-state index in [0.717, 1.165) is 41.7 Å². The van der Waals surface area contributed by atoms with Crippen LogP contribution in [0.5, 0.6) is 0 Å². The average molecular weight is 396 g/mol. The fraction of sp³-hybridized carbons (Fsp3) is 0.389. The van der Waals surface area contributed by atoms with Gasteiger partial charge in [-0.25, -0.2) is 9.78 Å². The van der Waals surface area contributed by atoms with E-state index in [1.807, 2.05) is 29.3 Å². The first-order valence-corrected chi connectivity index (χ1v) is 8.71. The maximum atomic E-state index is 10.6. The Labute approximate surface area is 158 Å². The summed E-state index contributed by atoms with van der Waals surface area (Å²) in [5.74, 6) is -2.76. The SMILES string of the molecule is O=C(O)C(F)(F)F.c1cc(-c2cnn(CC3CCCCO3)c2)c2cc[nH]c2n1. The van der Waals surface area contributed by atoms with E-state index in [9.17, 15) is 13.2 Å². The van der Waals surface area contributed by atoms with Crippen LogP contribution < -0.4 is 0 Å². The van der Waals surface area contributed by atoms with E-state index in [0.29, 0.717) is 6.10 Å². The fourth-order valence-electron chi connectivity index (χ4n) is 2.98. The summed E-state index contributed by atoms with van der Waals surface area (Å²) in [4.78, 5) is 16.4. The number of hydrogen-bond donors (Lipinski definition) is 2. The highest BCUT2D eigenvalue weighted by Crippen LogP contribution is 2.26. The number of halogens is 3. The Morgan fingerprint density at radius 2 is 2.14 bits per heavy atom. The van der Waals surface area contributed by atoms with Gasteiger partial charge in [0.2, 0.25) is 0 Å². The first-order chi connectivity index (χ1) is 13.3. The number of aromatic amines is 1. The molecule has 1 atom stereocenters. The lowest BCUT2D eigenvalue weighted by Gasteiger charge is -2.22. The van der Waals surface area contributed by atoms with E-state index in [1.54, 1.807) is 0 Å². The number of H-pyrrole nitrogens is 1. The Hall–Kier alpha value is -2.88. The summed E-state index contributed by atoms with van der Waals surface area (Å²) >= 11 is 0. The summed E-state index contributed by atoms with van der Waals surface area (Å²) in [7, 11) is 0. The van der Waals surface area contributed by atoms with Gasteiger partial charge in [-0.3, -0.25) is 4.68 Å². The Balaban J connectivity index is 0.000000279. The molecule has 0 spiro atoms. The zero-order valence-corrected chi connectivity index (χ0v) is 14.8. The second kappa shape index (κ2) is 8.42. The highest BCUT2D eigenvalue weighted by Gasteiger charge is 2.38. The Kier molecular flexibility index (Phi) is 5.98. The van der Waals surface area contributed by atoms with Gasteiger partial charge >= 0.3 is 12.1 Å². The molecule has 0 saturated carbocycles. The van der Waals surface area contributed by atoms with Crippen LogP contribution in [0.25, 0.3) is 22.2 Å². The molecule has 0 aliphatic carbocycles. The van der Waals surface area contributed by atoms with Crippen LogP contribution in [0.15, 0.2) is 36.9 Å². The van der Waals surface area contributed by atoms with Crippen molar-refractivity contribution in [3.8, 4) is 11.1 Å². The number of aromatic nitrogens is 4. The number of fused-ring (bicyclic) bond motifs is 1. The molecule has 2 N–H and O–H groups in total. The zero-order chi connectivity index (χ0) is 20.1. The molecule has 0 radical (unpaired) electrons. The standard InChI is InChI=1S/C16H18N4O.C2HF3O2/c1-2-8-21-13(3-1)11-20-10-12(9-19-20)14-4-6-17-16-15(14)5-7-18-16;3-2(4,5)1(6)7/h4-7,9-10,13H,1-3,8,11H2,(H,17,18);(H,6,7). The van der Waals surface area contributed by atoms with Crippen molar-refractivity contribution in [3.63, 3.8) is 0 Å². The lowest BCUT2D eigenvalue weighted by atomic mass is 10.1. The molecule has 7 nitrogen and oxygen atoms in total. The monoisotopic (exact) mass is 396 g/mol. The van der Waals surface area contributed by atoms with Crippen molar-refractivity contribution in [1.29, 1.82) is 0 Å². The van der Waals surface area contributed by atoms with Crippen LogP contribution in [0.3, 0.4) is 0 Å². The Morgan fingerprint density at radius 1 is 1.36 bits per heavy atom. The highest BCUT2D eigenvalue weighted by atomic mass is 19.4. The summed E-state index contributed by atoms with van der Waals surface area (Å²) in [6, 6.07) is 4.09. The minimum Gasteiger partial charge on any atom is -0.475 e. The summed E-state index contributed by atoms with van der Waals surface area (Å²) in [5.41, 5.74) is 3.20. The maximum Gasteiger partial charge on any atom is 0.490 e. The van der Waals surface area contributed by atoms with Gasteiger partial charge in [0.25, 0.3) is 0 Å². The first-order valence-electron chi connectivity index (χ1n) is 8.71. The smallest absolute Gasteiger partial charge is 0.475 e. The third-order valence-corrected chi connectivity index (χ3v) is 4.31. The van der Waals surface area contributed by atoms with E-state index in [4.69, 9.17) is 14.6 Å². The summed E-state index contributed by atoms with van der Waals surface area (Å²) in [5, 5.41) is 12.7. The first kappa shape index (κ1) is 19.9. The van der Waals surface area contributed by atoms with Crippen LogP contribution >= 0.6 is 0 Å². The zero-order valence-electron chi connectivity index (χ0n) is 14.8. The predicted molar refractivity (Wildman–Crippen MR) is 94.6 cm³/mol. The van der Waals surface area contributed by atoms with Gasteiger partial charge in [0.1, 0.15) is 5.65 Å². The molecule has 10 heteroatoms. The molecule has 28 heavy (non-hydrogen) atoms. The van der Waals surface area contributed by atoms with Crippen LogP contribution in [-0.2, 0) is 16.1 Å². The molecule has 3 aromatic rings. The number of nitrogens with zero attached hydrogens (tertiary/aromatic N) is 3. The number of rotatable bonds is 3. The van der Waals surface area contributed by atoms with Gasteiger partial charge in [0.15, 0.2) is 0 Å². The minimum absolute atomic E-state index is 0.302. The quantitative estimate of drug-likeness (QED) is 0.705. The van der Waals surface area contributed by atoms with Crippen molar-refractivity contribution < 1.29 is 27.8 Å². The lowest BCUT2D eigenvalue weighted by molar-refractivity contribution is -0.192. The van der Waals surface area contributed by atoms with Crippen LogP contribution in [0, 0.1) is 0 Å². The molecule has 3 aromatic heterocycles. The van der Waals surface area contributed by atoms with Crippen molar-refractivity contribution in [1.82, 2.24) is 19.7 Å². The second-order valence-corrected chi connectivity index (χ2v) is 6.34. The molecular formula is C18H19F3N4O3. The fourth-order valence-corrected chi connectivity index (χ4v) is 2.98. The molecule has 1 fully saturated rings. The normalized spacial score (nSPS) is 17.2. The van der Waals surface area contributed by atoms with Gasteiger partial charge in [-0.1, -0.05) is 0 Å². The van der Waals surface area contributed by atoms with E-state index in [2.05, 4.69) is 27.3 Å². The topological polar surface area (TPSA) is 93.0 Å². The number of carbonyl (C=O) groups is 1. The Bertz CT molecular complexity index is 929. The van der Waals surface area contributed by atoms with Gasteiger partial charge in [-0.15, -0.1) is 0 Å². The van der Waals surface area contributed by atoms with Gasteiger partial charge in [0.05, 0.1) is 18.8 Å². The predicted octanol–water partition coefficient (Wildman–Crippen LogP) is 3.63. The molecule has 4 heterocycles. The van der Waals surface area contributed by atoms with Gasteiger partial charge in [-0.05, 0) is 37.0 Å². The molecule has 0 aromatic carbocycles. The molecule has 1 unspecified atom stereocenters. The van der Waals surface area contributed by atoms with Crippen molar-refractivity contribution >= 4 is 17.0 Å². The molecule has 150 valence electrons. The van der Waals surface area contributed by atoms with E-state index in [-0.39, 0.29) is 0 Å². The molecule has 4 rings (SSSR count). The number of pyridine rings is 1. The second-order valence-electron chi connectivity index (χ2n) is 6.34. The lowest BCUT2D eigenvalue weighted by Crippen LogP contribution is -2.24. The number of ether oxygens (including phenoxy) is 1. The van der Waals surface area contributed by atoms with Crippen LogP contribution in [0.4, 0.5) is 13.2 Å². The van der Waals surface area contributed by atoms with Crippen LogP contribution in [0.1, 0.15) is 19.3 Å². The molecule has 0 amide bonds. The van der Waals surface area contributed by atoms with Gasteiger partial charge < -0.3 is 14.8 Å². The van der Waals surface area contributed by atoms with Gasteiger partial charge in [0, 0.05) is 36.1 Å². The number of carboxylic acids is 1.